The Balaban J connectivity index is 1.55. The first kappa shape index (κ1) is 17.8. The lowest BCUT2D eigenvalue weighted by molar-refractivity contribution is -0.524. The van der Waals surface area contributed by atoms with Crippen molar-refractivity contribution in [3.63, 3.8) is 0 Å². The Labute approximate surface area is 171 Å². The van der Waals surface area contributed by atoms with Gasteiger partial charge in [-0.15, -0.1) is 0 Å². The molecule has 29 heavy (non-hydrogen) atoms. The third-order valence-electron chi connectivity index (χ3n) is 9.87. The van der Waals surface area contributed by atoms with E-state index in [1.165, 1.54) is 0 Å². The van der Waals surface area contributed by atoms with E-state index in [1.54, 1.807) is 0 Å². The van der Waals surface area contributed by atoms with Gasteiger partial charge in [-0.3, -0.25) is 4.79 Å². The van der Waals surface area contributed by atoms with Gasteiger partial charge in [-0.05, 0) is 44.4 Å². The summed E-state index contributed by atoms with van der Waals surface area (Å²) in [7, 11) is 0. The van der Waals surface area contributed by atoms with Crippen LogP contribution in [0.5, 0.6) is 0 Å². The Bertz CT molecular complexity index is 876. The molecule has 7 fully saturated rings. The molecular formula is C23H31NO5. The van der Waals surface area contributed by atoms with Gasteiger partial charge >= 0.3 is 0 Å². The predicted octanol–water partition coefficient (Wildman–Crippen LogP) is 1.76. The van der Waals surface area contributed by atoms with E-state index in [-0.39, 0.29) is 40.5 Å². The van der Waals surface area contributed by atoms with E-state index in [1.807, 2.05) is 13.8 Å². The minimum Gasteiger partial charge on any atom is -0.387 e. The van der Waals surface area contributed by atoms with Crippen molar-refractivity contribution in [2.75, 3.05) is 13.2 Å². The molecule has 0 radical (unpaired) electrons. The Morgan fingerprint density at radius 2 is 1.97 bits per heavy atom. The van der Waals surface area contributed by atoms with E-state index in [2.05, 4.69) is 31.3 Å². The summed E-state index contributed by atoms with van der Waals surface area (Å²) in [6, 6.07) is 0. The van der Waals surface area contributed by atoms with Crippen molar-refractivity contribution in [3.8, 4) is 0 Å². The highest BCUT2D eigenvalue weighted by atomic mass is 16.8. The van der Waals surface area contributed by atoms with Crippen LogP contribution in [0.15, 0.2) is 12.2 Å². The molecule has 0 aromatic rings. The summed E-state index contributed by atoms with van der Waals surface area (Å²) in [6.45, 7) is 9.48. The van der Waals surface area contributed by atoms with Crippen molar-refractivity contribution < 1.29 is 24.1 Å². The molecule has 8 rings (SSSR count). The van der Waals surface area contributed by atoms with Gasteiger partial charge in [-0.25, -0.2) is 0 Å². The average molecular weight is 402 g/mol. The van der Waals surface area contributed by atoms with Crippen LogP contribution in [-0.2, 0) is 19.0 Å². The summed E-state index contributed by atoms with van der Waals surface area (Å²) in [6.07, 6.45) is 6.23. The Morgan fingerprint density at radius 1 is 1.21 bits per heavy atom. The van der Waals surface area contributed by atoms with E-state index in [0.29, 0.717) is 13.2 Å². The molecule has 4 saturated heterocycles. The van der Waals surface area contributed by atoms with Gasteiger partial charge in [-0.2, -0.15) is 0 Å². The minimum absolute atomic E-state index is 0.00742. The number of carbonyl (C=O) groups excluding carboxylic acids is 1. The van der Waals surface area contributed by atoms with Crippen LogP contribution in [0.3, 0.4) is 0 Å². The molecule has 2 N–H and O–H groups in total. The highest BCUT2D eigenvalue weighted by molar-refractivity contribution is 6.02. The highest BCUT2D eigenvalue weighted by Crippen LogP contribution is 2.79. The molecule has 6 nitrogen and oxygen atoms in total. The van der Waals surface area contributed by atoms with Gasteiger partial charge in [0.2, 0.25) is 5.79 Å². The zero-order valence-electron chi connectivity index (χ0n) is 17.7. The highest BCUT2D eigenvalue weighted by Gasteiger charge is 2.92. The first-order valence-electron chi connectivity index (χ1n) is 11.3. The summed E-state index contributed by atoms with van der Waals surface area (Å²) in [5, 5.41) is 15.4. The molecule has 4 spiro atoms. The second-order valence-corrected chi connectivity index (χ2v) is 11.9. The molecule has 0 aromatic heterocycles. The number of ether oxygens (including phenoxy) is 3. The SMILES string of the molecule is CC1(C)OC2[C@H]3CCC4[C@]56C=CCC(C)(C)C5[C@H](O)C(OC6)(O1)[C@@]24C(=O)C31CN1. The average Bonchev–Trinajstić information content (AvgIpc) is 3.41. The van der Waals surface area contributed by atoms with Crippen molar-refractivity contribution in [1.29, 1.82) is 0 Å². The number of hydrogen-bond donors (Lipinski definition) is 2. The number of rotatable bonds is 0. The van der Waals surface area contributed by atoms with Crippen LogP contribution >= 0.6 is 0 Å². The Morgan fingerprint density at radius 3 is 2.69 bits per heavy atom. The number of ketones is 1. The standard InChI is InChI=1S/C23H31NO5/c1-18(2)8-5-9-20-11-27-23(15(25)14(18)20)22-13(20)7-6-12(21(10-24-21)17(22)26)16(22)28-19(3,4)29-23/h5,9,12-16,24-25H,6-8,10-11H2,1-4H3/t12-,13?,14?,15+,16?,20-,21?,22-,23?/m1/s1. The maximum Gasteiger partial charge on any atom is 0.213 e. The lowest BCUT2D eigenvalue weighted by Gasteiger charge is -2.76. The molecule has 5 unspecified atom stereocenters. The number of allylic oxidation sites excluding steroid dienone is 1. The normalized spacial score (nSPS) is 62.1. The van der Waals surface area contributed by atoms with Gasteiger partial charge in [0.1, 0.15) is 11.5 Å². The molecule has 4 heterocycles. The van der Waals surface area contributed by atoms with E-state index in [0.717, 1.165) is 19.3 Å². The molecule has 4 aliphatic heterocycles. The Kier molecular flexibility index (Phi) is 2.79. The number of nitrogens with one attached hydrogen (secondary N) is 1. The second-order valence-electron chi connectivity index (χ2n) is 11.9. The first-order chi connectivity index (χ1) is 13.6. The summed E-state index contributed by atoms with van der Waals surface area (Å²) >= 11 is 0. The zero-order chi connectivity index (χ0) is 20.2. The van der Waals surface area contributed by atoms with Gasteiger partial charge < -0.3 is 24.6 Å². The second kappa shape index (κ2) is 4.53. The molecule has 0 amide bonds. The topological polar surface area (TPSA) is 86.9 Å². The summed E-state index contributed by atoms with van der Waals surface area (Å²) in [4.78, 5) is 14.3. The third kappa shape index (κ3) is 1.53. The fraction of sp³-hybridized carbons (Fsp3) is 0.870. The van der Waals surface area contributed by atoms with Gasteiger partial charge in [-0.1, -0.05) is 26.0 Å². The van der Waals surface area contributed by atoms with Crippen molar-refractivity contribution in [3.05, 3.63) is 12.2 Å². The van der Waals surface area contributed by atoms with Crippen LogP contribution in [0.2, 0.25) is 0 Å². The van der Waals surface area contributed by atoms with E-state index >= 15 is 0 Å². The molecule has 3 saturated carbocycles. The zero-order valence-corrected chi connectivity index (χ0v) is 17.7. The van der Waals surface area contributed by atoms with Crippen LogP contribution in [-0.4, -0.2) is 53.4 Å². The summed E-state index contributed by atoms with van der Waals surface area (Å²) in [5.74, 6) is -1.89. The van der Waals surface area contributed by atoms with Crippen LogP contribution in [0.1, 0.15) is 47.0 Å². The van der Waals surface area contributed by atoms with E-state index < -0.39 is 28.6 Å². The summed E-state index contributed by atoms with van der Waals surface area (Å²) in [5.41, 5.74) is -1.91. The lowest BCUT2D eigenvalue weighted by atomic mass is 9.37. The van der Waals surface area contributed by atoms with Gasteiger partial charge in [0, 0.05) is 23.8 Å². The molecule has 4 bridgehead atoms. The maximum atomic E-state index is 14.3. The fourth-order valence-electron chi connectivity index (χ4n) is 9.16. The number of hydrogen-bond acceptors (Lipinski definition) is 6. The van der Waals surface area contributed by atoms with E-state index in [4.69, 9.17) is 14.2 Å². The number of Topliss-reactive ketones (excluding diaryl/α,β-unsaturated/α-hetero) is 1. The smallest absolute Gasteiger partial charge is 0.213 e. The van der Waals surface area contributed by atoms with Crippen molar-refractivity contribution in [2.24, 2.45) is 34.0 Å². The van der Waals surface area contributed by atoms with Crippen molar-refractivity contribution >= 4 is 5.78 Å². The minimum atomic E-state index is -1.33. The molecular weight excluding hydrogens is 370 g/mol. The number of carbonyl (C=O) groups is 1. The molecule has 6 heteroatoms. The lowest BCUT2D eigenvalue weighted by Crippen LogP contribution is -2.86. The number of aliphatic hydroxyl groups is 1. The predicted molar refractivity (Wildman–Crippen MR) is 103 cm³/mol. The summed E-state index contributed by atoms with van der Waals surface area (Å²) < 4.78 is 19.7. The first-order valence-corrected chi connectivity index (χ1v) is 11.3. The third-order valence-corrected chi connectivity index (χ3v) is 9.87. The molecule has 158 valence electrons. The van der Waals surface area contributed by atoms with Gasteiger partial charge in [0.25, 0.3) is 0 Å². The van der Waals surface area contributed by atoms with Gasteiger partial charge in [0.15, 0.2) is 11.6 Å². The van der Waals surface area contributed by atoms with E-state index in [9.17, 15) is 9.90 Å². The van der Waals surface area contributed by atoms with Crippen molar-refractivity contribution in [2.45, 2.75) is 76.3 Å². The molecule has 8 aliphatic rings. The largest absolute Gasteiger partial charge is 0.387 e. The van der Waals surface area contributed by atoms with Crippen molar-refractivity contribution in [1.82, 2.24) is 5.32 Å². The maximum absolute atomic E-state index is 14.3. The molecule has 0 aromatic carbocycles. The van der Waals surface area contributed by atoms with Crippen LogP contribution < -0.4 is 5.32 Å². The number of fused-ring (bicyclic) bond motifs is 2. The van der Waals surface area contributed by atoms with Crippen LogP contribution in [0, 0.1) is 34.0 Å². The molecule has 9 atom stereocenters. The quantitative estimate of drug-likeness (QED) is 0.475. The van der Waals surface area contributed by atoms with Crippen LogP contribution in [0.4, 0.5) is 0 Å². The Hall–Kier alpha value is -0.790. The fourth-order valence-corrected chi connectivity index (χ4v) is 9.16. The number of aliphatic hydroxyl groups excluding tert-OH is 1. The monoisotopic (exact) mass is 401 g/mol. The molecule has 4 aliphatic carbocycles. The van der Waals surface area contributed by atoms with Crippen LogP contribution in [0.25, 0.3) is 0 Å². The van der Waals surface area contributed by atoms with Gasteiger partial charge in [0.05, 0.1) is 18.2 Å².